The van der Waals surface area contributed by atoms with Gasteiger partial charge in [0.1, 0.15) is 0 Å². The topological polar surface area (TPSA) is 26.0 Å². The third-order valence-corrected chi connectivity index (χ3v) is 4.28. The second kappa shape index (κ2) is 4.00. The lowest BCUT2D eigenvalue weighted by atomic mass is 9.65. The van der Waals surface area contributed by atoms with Crippen LogP contribution in [0.25, 0.3) is 0 Å². The first-order chi connectivity index (χ1) is 6.29. The fourth-order valence-electron chi connectivity index (χ4n) is 3.23. The van der Waals surface area contributed by atoms with Crippen molar-refractivity contribution < 1.29 is 0 Å². The van der Waals surface area contributed by atoms with Gasteiger partial charge < -0.3 is 5.73 Å². The van der Waals surface area contributed by atoms with Crippen LogP contribution in [0.3, 0.4) is 0 Å². The second-order valence-corrected chi connectivity index (χ2v) is 5.19. The van der Waals surface area contributed by atoms with Crippen LogP contribution in [0.15, 0.2) is 0 Å². The zero-order valence-electron chi connectivity index (χ0n) is 8.84. The van der Waals surface area contributed by atoms with Gasteiger partial charge in [-0.1, -0.05) is 32.6 Å². The normalized spacial score (nSPS) is 45.7. The van der Waals surface area contributed by atoms with E-state index in [4.69, 9.17) is 5.73 Å². The molecule has 2 unspecified atom stereocenters. The quantitative estimate of drug-likeness (QED) is 0.696. The van der Waals surface area contributed by atoms with Gasteiger partial charge in [-0.2, -0.15) is 0 Å². The number of hydrogen-bond acceptors (Lipinski definition) is 1. The van der Waals surface area contributed by atoms with Gasteiger partial charge in [-0.05, 0) is 37.0 Å². The van der Waals surface area contributed by atoms with Crippen LogP contribution in [-0.2, 0) is 0 Å². The minimum absolute atomic E-state index is 0.548. The average molecular weight is 181 g/mol. The van der Waals surface area contributed by atoms with Crippen LogP contribution >= 0.6 is 0 Å². The molecule has 2 aliphatic rings. The first kappa shape index (κ1) is 9.51. The Balaban J connectivity index is 1.79. The zero-order valence-corrected chi connectivity index (χ0v) is 8.84. The maximum atomic E-state index is 5.84. The van der Waals surface area contributed by atoms with Gasteiger partial charge in [0.15, 0.2) is 0 Å². The van der Waals surface area contributed by atoms with Crippen LogP contribution in [0.5, 0.6) is 0 Å². The zero-order chi connectivity index (χ0) is 9.26. The standard InChI is InChI=1S/C12H23N/c1-2-9-4-3-5-10(6-9)11-7-12(13)8-11/h9-12H,2-8,13H2,1H3. The summed E-state index contributed by atoms with van der Waals surface area (Å²) in [5.74, 6) is 3.08. The molecule has 0 spiro atoms. The molecule has 13 heavy (non-hydrogen) atoms. The van der Waals surface area contributed by atoms with Gasteiger partial charge in [0.25, 0.3) is 0 Å². The summed E-state index contributed by atoms with van der Waals surface area (Å²) in [6, 6.07) is 0.548. The Morgan fingerprint density at radius 2 is 1.85 bits per heavy atom. The van der Waals surface area contributed by atoms with Gasteiger partial charge in [-0.15, -0.1) is 0 Å². The van der Waals surface area contributed by atoms with Gasteiger partial charge in [0.2, 0.25) is 0 Å². The maximum Gasteiger partial charge on any atom is 0.00443 e. The van der Waals surface area contributed by atoms with E-state index in [-0.39, 0.29) is 0 Å². The summed E-state index contributed by atoms with van der Waals surface area (Å²) >= 11 is 0. The van der Waals surface area contributed by atoms with Crippen LogP contribution in [0.2, 0.25) is 0 Å². The third-order valence-electron chi connectivity index (χ3n) is 4.28. The van der Waals surface area contributed by atoms with E-state index in [0.717, 1.165) is 17.8 Å². The molecular weight excluding hydrogens is 158 g/mol. The third kappa shape index (κ3) is 2.07. The molecule has 2 rings (SSSR count). The molecule has 2 atom stereocenters. The van der Waals surface area contributed by atoms with Crippen LogP contribution in [0.1, 0.15) is 51.9 Å². The smallest absolute Gasteiger partial charge is 0.00443 e. The van der Waals surface area contributed by atoms with E-state index < -0.39 is 0 Å². The summed E-state index contributed by atoms with van der Waals surface area (Å²) in [6.07, 6.45) is 10.0. The van der Waals surface area contributed by atoms with Crippen molar-refractivity contribution in [2.75, 3.05) is 0 Å². The Morgan fingerprint density at radius 3 is 2.46 bits per heavy atom. The number of nitrogens with two attached hydrogens (primary N) is 1. The van der Waals surface area contributed by atoms with Crippen molar-refractivity contribution in [3.05, 3.63) is 0 Å². The molecule has 2 saturated carbocycles. The lowest BCUT2D eigenvalue weighted by molar-refractivity contribution is 0.113. The van der Waals surface area contributed by atoms with E-state index >= 15 is 0 Å². The van der Waals surface area contributed by atoms with Gasteiger partial charge in [0.05, 0.1) is 0 Å². The Hall–Kier alpha value is -0.0400. The van der Waals surface area contributed by atoms with Crippen molar-refractivity contribution in [2.45, 2.75) is 57.9 Å². The van der Waals surface area contributed by atoms with E-state index in [2.05, 4.69) is 6.92 Å². The summed E-state index contributed by atoms with van der Waals surface area (Å²) in [5, 5.41) is 0. The highest BCUT2D eigenvalue weighted by Crippen LogP contribution is 2.42. The fraction of sp³-hybridized carbons (Fsp3) is 1.00. The summed E-state index contributed by atoms with van der Waals surface area (Å²) in [5.41, 5.74) is 5.84. The van der Waals surface area contributed by atoms with Crippen molar-refractivity contribution in [1.29, 1.82) is 0 Å². The molecule has 0 heterocycles. The highest BCUT2D eigenvalue weighted by molar-refractivity contribution is 4.89. The fourth-order valence-corrected chi connectivity index (χ4v) is 3.23. The summed E-state index contributed by atoms with van der Waals surface area (Å²) < 4.78 is 0. The molecule has 76 valence electrons. The monoisotopic (exact) mass is 181 g/mol. The Bertz CT molecular complexity index is 161. The average Bonchev–Trinajstić information content (AvgIpc) is 2.13. The Morgan fingerprint density at radius 1 is 1.08 bits per heavy atom. The largest absolute Gasteiger partial charge is 0.328 e. The van der Waals surface area contributed by atoms with Crippen molar-refractivity contribution in [2.24, 2.45) is 23.5 Å². The molecule has 1 nitrogen and oxygen atoms in total. The number of hydrogen-bond donors (Lipinski definition) is 1. The van der Waals surface area contributed by atoms with Gasteiger partial charge in [-0.3, -0.25) is 0 Å². The molecule has 0 aliphatic heterocycles. The van der Waals surface area contributed by atoms with Crippen molar-refractivity contribution in [3.63, 3.8) is 0 Å². The van der Waals surface area contributed by atoms with Crippen molar-refractivity contribution in [3.8, 4) is 0 Å². The van der Waals surface area contributed by atoms with Gasteiger partial charge >= 0.3 is 0 Å². The molecular formula is C12H23N. The van der Waals surface area contributed by atoms with E-state index in [9.17, 15) is 0 Å². The van der Waals surface area contributed by atoms with E-state index in [0.29, 0.717) is 6.04 Å². The molecule has 0 aromatic heterocycles. The molecule has 0 saturated heterocycles. The molecule has 2 N–H and O–H groups in total. The van der Waals surface area contributed by atoms with E-state index in [1.165, 1.54) is 44.9 Å². The molecule has 1 heteroatoms. The van der Waals surface area contributed by atoms with Crippen molar-refractivity contribution >= 4 is 0 Å². The molecule has 2 fully saturated rings. The van der Waals surface area contributed by atoms with Crippen molar-refractivity contribution in [1.82, 2.24) is 0 Å². The number of rotatable bonds is 2. The first-order valence-electron chi connectivity index (χ1n) is 6.05. The molecule has 2 aliphatic carbocycles. The first-order valence-corrected chi connectivity index (χ1v) is 6.05. The predicted octanol–water partition coefficient (Wildman–Crippen LogP) is 2.94. The van der Waals surface area contributed by atoms with E-state index in [1.807, 2.05) is 0 Å². The summed E-state index contributed by atoms with van der Waals surface area (Å²) in [6.45, 7) is 2.35. The van der Waals surface area contributed by atoms with Gasteiger partial charge in [-0.25, -0.2) is 0 Å². The highest BCUT2D eigenvalue weighted by Gasteiger charge is 2.35. The van der Waals surface area contributed by atoms with Crippen LogP contribution in [-0.4, -0.2) is 6.04 Å². The highest BCUT2D eigenvalue weighted by atomic mass is 14.7. The van der Waals surface area contributed by atoms with Crippen LogP contribution < -0.4 is 5.73 Å². The van der Waals surface area contributed by atoms with Crippen LogP contribution in [0.4, 0.5) is 0 Å². The molecule has 0 aromatic carbocycles. The maximum absolute atomic E-state index is 5.84. The Kier molecular flexibility index (Phi) is 2.92. The lowest BCUT2D eigenvalue weighted by Crippen LogP contribution is -2.41. The summed E-state index contributed by atoms with van der Waals surface area (Å²) in [4.78, 5) is 0. The van der Waals surface area contributed by atoms with Crippen LogP contribution in [0, 0.1) is 17.8 Å². The predicted molar refractivity (Wildman–Crippen MR) is 56.4 cm³/mol. The van der Waals surface area contributed by atoms with E-state index in [1.54, 1.807) is 0 Å². The SMILES string of the molecule is CCC1CCCC(C2CC(N)C2)C1. The minimum atomic E-state index is 0.548. The molecule has 0 radical (unpaired) electrons. The minimum Gasteiger partial charge on any atom is -0.328 e. The molecule has 0 aromatic rings. The molecule has 0 bridgehead atoms. The van der Waals surface area contributed by atoms with Gasteiger partial charge in [0, 0.05) is 6.04 Å². The summed E-state index contributed by atoms with van der Waals surface area (Å²) in [7, 11) is 0. The Labute approximate surface area is 82.1 Å². The second-order valence-electron chi connectivity index (χ2n) is 5.19. The molecule has 0 amide bonds. The lowest BCUT2D eigenvalue weighted by Gasteiger charge is -2.42.